The molecular weight excluding hydrogens is 465 g/mol. The number of nitrogens with zero attached hydrogens (tertiary/aromatic N) is 3. The molecular formula is C17H30IN5O2S. The standard InChI is InChI=1S/C17H29N5O2S.HI/c1-6-13-8-19-14(25-13)9-20-15(18-7-2)21-12-10-22(11-12)16(23)24-17(3,4)5;/h8,12H,6-7,9-11H2,1-5H3,(H2,18,20,21);1H. The first kappa shape index (κ1) is 22.9. The summed E-state index contributed by atoms with van der Waals surface area (Å²) < 4.78 is 5.37. The lowest BCUT2D eigenvalue weighted by Gasteiger charge is -2.40. The van der Waals surface area contributed by atoms with Crippen molar-refractivity contribution in [3.05, 3.63) is 16.1 Å². The second-order valence-corrected chi connectivity index (χ2v) is 8.20. The van der Waals surface area contributed by atoms with Crippen molar-refractivity contribution >= 4 is 47.4 Å². The highest BCUT2D eigenvalue weighted by molar-refractivity contribution is 14.0. The molecule has 2 heterocycles. The summed E-state index contributed by atoms with van der Waals surface area (Å²) in [6.45, 7) is 12.4. The molecule has 0 unspecified atom stereocenters. The number of aryl methyl sites for hydroxylation is 1. The van der Waals surface area contributed by atoms with Gasteiger partial charge >= 0.3 is 6.09 Å². The Balaban J connectivity index is 0.00000338. The summed E-state index contributed by atoms with van der Waals surface area (Å²) in [7, 11) is 0. The molecule has 2 rings (SSSR count). The second kappa shape index (κ2) is 10.3. The van der Waals surface area contributed by atoms with Gasteiger partial charge in [0.05, 0.1) is 12.6 Å². The number of hydrogen-bond donors (Lipinski definition) is 2. The zero-order valence-electron chi connectivity index (χ0n) is 16.2. The molecule has 1 aliphatic heterocycles. The molecule has 1 saturated heterocycles. The topological polar surface area (TPSA) is 78.9 Å². The van der Waals surface area contributed by atoms with Crippen LogP contribution in [0.1, 0.15) is 44.5 Å². The lowest BCUT2D eigenvalue weighted by Crippen LogP contribution is -2.63. The van der Waals surface area contributed by atoms with Gasteiger partial charge in [0, 0.05) is 30.7 Å². The van der Waals surface area contributed by atoms with Crippen LogP contribution >= 0.6 is 35.3 Å². The SMILES string of the molecule is CCNC(=NCc1ncc(CC)s1)NC1CN(C(=O)OC(C)(C)C)C1.I. The summed E-state index contributed by atoms with van der Waals surface area (Å²) in [5.74, 6) is 0.754. The van der Waals surface area contributed by atoms with E-state index in [0.29, 0.717) is 19.6 Å². The molecule has 0 bridgehead atoms. The monoisotopic (exact) mass is 495 g/mol. The molecule has 9 heteroatoms. The van der Waals surface area contributed by atoms with Crippen molar-refractivity contribution < 1.29 is 9.53 Å². The quantitative estimate of drug-likeness (QED) is 0.373. The second-order valence-electron chi connectivity index (χ2n) is 7.00. The Labute approximate surface area is 177 Å². The number of aromatic nitrogens is 1. The maximum absolute atomic E-state index is 12.0. The van der Waals surface area contributed by atoms with Crippen LogP contribution in [0.2, 0.25) is 0 Å². The van der Waals surface area contributed by atoms with E-state index in [0.717, 1.165) is 23.9 Å². The number of guanidine groups is 1. The van der Waals surface area contributed by atoms with E-state index in [9.17, 15) is 4.79 Å². The summed E-state index contributed by atoms with van der Waals surface area (Å²) in [5, 5.41) is 7.61. The first-order chi connectivity index (χ1) is 11.8. The molecule has 1 aromatic heterocycles. The first-order valence-electron chi connectivity index (χ1n) is 8.77. The number of thiazole rings is 1. The highest BCUT2D eigenvalue weighted by atomic mass is 127. The van der Waals surface area contributed by atoms with Gasteiger partial charge in [-0.1, -0.05) is 6.92 Å². The van der Waals surface area contributed by atoms with Crippen LogP contribution in [0, 0.1) is 0 Å². The van der Waals surface area contributed by atoms with E-state index < -0.39 is 5.60 Å². The Hall–Kier alpha value is -1.10. The molecule has 1 aromatic rings. The Morgan fingerprint density at radius 2 is 2.12 bits per heavy atom. The number of nitrogens with one attached hydrogen (secondary N) is 2. The summed E-state index contributed by atoms with van der Waals surface area (Å²) in [6.07, 6.45) is 2.66. The Morgan fingerprint density at radius 3 is 2.65 bits per heavy atom. The summed E-state index contributed by atoms with van der Waals surface area (Å²) in [6, 6.07) is 0.188. The minimum absolute atomic E-state index is 0. The predicted molar refractivity (Wildman–Crippen MR) is 116 cm³/mol. The third-order valence-corrected chi connectivity index (χ3v) is 4.67. The summed E-state index contributed by atoms with van der Waals surface area (Å²) >= 11 is 1.70. The van der Waals surface area contributed by atoms with Crippen LogP contribution in [0.5, 0.6) is 0 Å². The van der Waals surface area contributed by atoms with Gasteiger partial charge in [-0.2, -0.15) is 0 Å². The third kappa shape index (κ3) is 7.26. The van der Waals surface area contributed by atoms with Gasteiger partial charge in [0.25, 0.3) is 0 Å². The zero-order valence-corrected chi connectivity index (χ0v) is 19.3. The molecule has 0 aliphatic carbocycles. The van der Waals surface area contributed by atoms with Crippen molar-refractivity contribution in [1.29, 1.82) is 0 Å². The summed E-state index contributed by atoms with van der Waals surface area (Å²) in [5.41, 5.74) is -0.461. The smallest absolute Gasteiger partial charge is 0.410 e. The molecule has 1 aliphatic rings. The molecule has 148 valence electrons. The molecule has 0 saturated carbocycles. The minimum Gasteiger partial charge on any atom is -0.444 e. The Morgan fingerprint density at radius 1 is 1.42 bits per heavy atom. The highest BCUT2D eigenvalue weighted by Gasteiger charge is 2.34. The number of halogens is 1. The van der Waals surface area contributed by atoms with Crippen LogP contribution in [0.3, 0.4) is 0 Å². The minimum atomic E-state index is -0.461. The number of carbonyl (C=O) groups is 1. The van der Waals surface area contributed by atoms with Gasteiger partial charge in [-0.05, 0) is 34.1 Å². The van der Waals surface area contributed by atoms with Crippen molar-refractivity contribution in [2.24, 2.45) is 4.99 Å². The molecule has 0 atom stereocenters. The molecule has 26 heavy (non-hydrogen) atoms. The number of ether oxygens (including phenoxy) is 1. The molecule has 0 aromatic carbocycles. The van der Waals surface area contributed by atoms with Gasteiger partial charge in [0.15, 0.2) is 5.96 Å². The zero-order chi connectivity index (χ0) is 18.4. The number of hydrogen-bond acceptors (Lipinski definition) is 5. The number of rotatable bonds is 5. The summed E-state index contributed by atoms with van der Waals surface area (Å²) in [4.78, 5) is 23.9. The van der Waals surface area contributed by atoms with Gasteiger partial charge in [0.1, 0.15) is 10.6 Å². The van der Waals surface area contributed by atoms with Crippen LogP contribution in [0.25, 0.3) is 0 Å². The number of carbonyl (C=O) groups excluding carboxylic acids is 1. The van der Waals surface area contributed by atoms with E-state index >= 15 is 0 Å². The highest BCUT2D eigenvalue weighted by Crippen LogP contribution is 2.16. The normalized spacial score (nSPS) is 15.1. The molecule has 2 N–H and O–H groups in total. The van der Waals surface area contributed by atoms with E-state index in [4.69, 9.17) is 4.74 Å². The fraction of sp³-hybridized carbons (Fsp3) is 0.706. The van der Waals surface area contributed by atoms with Crippen LogP contribution in [0.4, 0.5) is 4.79 Å². The van der Waals surface area contributed by atoms with Crippen LogP contribution in [-0.4, -0.2) is 53.2 Å². The first-order valence-corrected chi connectivity index (χ1v) is 9.58. The molecule has 1 amide bonds. The van der Waals surface area contributed by atoms with E-state index in [1.807, 2.05) is 33.9 Å². The predicted octanol–water partition coefficient (Wildman–Crippen LogP) is 3.00. The van der Waals surface area contributed by atoms with E-state index in [1.165, 1.54) is 4.88 Å². The van der Waals surface area contributed by atoms with Crippen LogP contribution in [-0.2, 0) is 17.7 Å². The number of likely N-dealkylation sites (tertiary alicyclic amines) is 1. The van der Waals surface area contributed by atoms with Gasteiger partial charge in [-0.25, -0.2) is 14.8 Å². The maximum Gasteiger partial charge on any atom is 0.410 e. The van der Waals surface area contributed by atoms with Crippen LogP contribution < -0.4 is 10.6 Å². The largest absolute Gasteiger partial charge is 0.444 e. The van der Waals surface area contributed by atoms with E-state index in [1.54, 1.807) is 16.2 Å². The average Bonchev–Trinajstić information content (AvgIpc) is 2.93. The Bertz CT molecular complexity index is 609. The lowest BCUT2D eigenvalue weighted by molar-refractivity contribution is 0.00701. The van der Waals surface area contributed by atoms with Gasteiger partial charge in [0.2, 0.25) is 0 Å². The third-order valence-electron chi connectivity index (χ3n) is 3.54. The molecule has 0 spiro atoms. The number of amides is 1. The van der Waals surface area contributed by atoms with Gasteiger partial charge < -0.3 is 20.3 Å². The van der Waals surface area contributed by atoms with Crippen molar-refractivity contribution in [2.75, 3.05) is 19.6 Å². The van der Waals surface area contributed by atoms with Crippen molar-refractivity contribution in [3.8, 4) is 0 Å². The van der Waals surface area contributed by atoms with Crippen molar-refractivity contribution in [3.63, 3.8) is 0 Å². The van der Waals surface area contributed by atoms with Gasteiger partial charge in [-0.15, -0.1) is 35.3 Å². The fourth-order valence-corrected chi connectivity index (χ4v) is 3.08. The van der Waals surface area contributed by atoms with Crippen molar-refractivity contribution in [1.82, 2.24) is 20.5 Å². The van der Waals surface area contributed by atoms with Crippen molar-refractivity contribution in [2.45, 2.75) is 59.2 Å². The fourth-order valence-electron chi connectivity index (χ4n) is 2.29. The molecule has 0 radical (unpaired) electrons. The van der Waals surface area contributed by atoms with Gasteiger partial charge in [-0.3, -0.25) is 0 Å². The number of aliphatic imine (C=N–C) groups is 1. The van der Waals surface area contributed by atoms with E-state index in [2.05, 4.69) is 27.5 Å². The Kier molecular flexibility index (Phi) is 9.08. The van der Waals surface area contributed by atoms with Crippen LogP contribution in [0.15, 0.2) is 11.2 Å². The molecule has 1 fully saturated rings. The molecule has 7 nitrogen and oxygen atoms in total. The average molecular weight is 495 g/mol. The van der Waals surface area contributed by atoms with E-state index in [-0.39, 0.29) is 36.1 Å². The lowest BCUT2D eigenvalue weighted by atomic mass is 10.1. The maximum atomic E-state index is 12.0.